The molecule has 1 aromatic carbocycles. The van der Waals surface area contributed by atoms with Crippen molar-refractivity contribution in [1.82, 2.24) is 0 Å². The van der Waals surface area contributed by atoms with Gasteiger partial charge in [0.25, 0.3) is 0 Å². The second kappa shape index (κ2) is 4.74. The Labute approximate surface area is 96.5 Å². The fourth-order valence-corrected chi connectivity index (χ4v) is 1.87. The lowest BCUT2D eigenvalue weighted by molar-refractivity contribution is -0.123. The van der Waals surface area contributed by atoms with Crippen LogP contribution in [0.4, 0.5) is 5.69 Å². The van der Waals surface area contributed by atoms with Gasteiger partial charge < -0.3 is 15.2 Å². The first-order valence-corrected chi connectivity index (χ1v) is 5.80. The molecule has 0 unspecified atom stereocenters. The number of anilines is 1. The van der Waals surface area contributed by atoms with E-state index in [1.807, 2.05) is 24.3 Å². The normalized spacial score (nSPS) is 17.8. The number of hydrogen-bond acceptors (Lipinski definition) is 3. The highest BCUT2D eigenvalue weighted by Crippen LogP contribution is 2.34. The van der Waals surface area contributed by atoms with Crippen molar-refractivity contribution in [3.63, 3.8) is 0 Å². The Hall–Kier alpha value is -1.22. The Kier molecular flexibility index (Phi) is 3.34. The van der Waals surface area contributed by atoms with Crippen LogP contribution in [-0.4, -0.2) is 19.8 Å². The minimum Gasteiger partial charge on any atom is -0.494 e. The van der Waals surface area contributed by atoms with Crippen LogP contribution in [0.15, 0.2) is 24.3 Å². The molecule has 0 aromatic heterocycles. The second-order valence-corrected chi connectivity index (χ2v) is 4.51. The molecule has 1 saturated heterocycles. The Morgan fingerprint density at radius 1 is 1.31 bits per heavy atom. The van der Waals surface area contributed by atoms with Crippen molar-refractivity contribution in [3.8, 4) is 5.75 Å². The molecule has 0 spiro atoms. The number of nitrogen functional groups attached to an aromatic ring is 1. The van der Waals surface area contributed by atoms with Gasteiger partial charge in [0.15, 0.2) is 0 Å². The van der Waals surface area contributed by atoms with E-state index in [4.69, 9.17) is 15.2 Å². The van der Waals surface area contributed by atoms with Crippen LogP contribution in [0.3, 0.4) is 0 Å². The summed E-state index contributed by atoms with van der Waals surface area (Å²) >= 11 is 0. The summed E-state index contributed by atoms with van der Waals surface area (Å²) in [6.07, 6.45) is 2.23. The summed E-state index contributed by atoms with van der Waals surface area (Å²) in [5.41, 5.74) is 6.74. The van der Waals surface area contributed by atoms with Gasteiger partial charge in [-0.25, -0.2) is 0 Å². The summed E-state index contributed by atoms with van der Waals surface area (Å²) in [4.78, 5) is 0. The van der Waals surface area contributed by atoms with Crippen molar-refractivity contribution in [2.75, 3.05) is 25.6 Å². The monoisotopic (exact) mass is 221 g/mol. The van der Waals surface area contributed by atoms with Gasteiger partial charge in [-0.3, -0.25) is 0 Å². The molecule has 0 bridgehead atoms. The van der Waals surface area contributed by atoms with Crippen LogP contribution >= 0.6 is 0 Å². The highest BCUT2D eigenvalue weighted by atomic mass is 16.5. The smallest absolute Gasteiger partial charge is 0.119 e. The maximum absolute atomic E-state index is 5.68. The molecule has 0 amide bonds. The second-order valence-electron chi connectivity index (χ2n) is 4.51. The summed E-state index contributed by atoms with van der Waals surface area (Å²) in [5, 5.41) is 0. The van der Waals surface area contributed by atoms with E-state index >= 15 is 0 Å². The summed E-state index contributed by atoms with van der Waals surface area (Å²) < 4.78 is 11.0. The molecule has 1 fully saturated rings. The molecule has 16 heavy (non-hydrogen) atoms. The van der Waals surface area contributed by atoms with Gasteiger partial charge >= 0.3 is 0 Å². The first-order chi connectivity index (χ1) is 7.74. The fraction of sp³-hybridized carbons (Fsp3) is 0.538. The van der Waals surface area contributed by atoms with Crippen LogP contribution in [-0.2, 0) is 4.74 Å². The van der Waals surface area contributed by atoms with E-state index in [1.165, 1.54) is 0 Å². The Morgan fingerprint density at radius 3 is 2.50 bits per heavy atom. The van der Waals surface area contributed by atoms with Crippen molar-refractivity contribution in [3.05, 3.63) is 24.3 Å². The lowest BCUT2D eigenvalue weighted by Crippen LogP contribution is -2.43. The predicted octanol–water partition coefficient (Wildman–Crippen LogP) is 2.46. The summed E-state index contributed by atoms with van der Waals surface area (Å²) in [7, 11) is 0. The van der Waals surface area contributed by atoms with E-state index in [0.717, 1.165) is 44.1 Å². The van der Waals surface area contributed by atoms with E-state index < -0.39 is 0 Å². The van der Waals surface area contributed by atoms with Gasteiger partial charge in [-0.15, -0.1) is 0 Å². The van der Waals surface area contributed by atoms with E-state index in [2.05, 4.69) is 6.92 Å². The van der Waals surface area contributed by atoms with Crippen LogP contribution in [0.25, 0.3) is 0 Å². The molecule has 3 heteroatoms. The topological polar surface area (TPSA) is 44.5 Å². The van der Waals surface area contributed by atoms with E-state index in [-0.39, 0.29) is 0 Å². The largest absolute Gasteiger partial charge is 0.494 e. The van der Waals surface area contributed by atoms with E-state index in [0.29, 0.717) is 5.41 Å². The van der Waals surface area contributed by atoms with Crippen LogP contribution in [0.5, 0.6) is 5.75 Å². The van der Waals surface area contributed by atoms with Crippen molar-refractivity contribution < 1.29 is 9.47 Å². The molecule has 0 aliphatic carbocycles. The van der Waals surface area contributed by atoms with Gasteiger partial charge in [0.1, 0.15) is 5.75 Å². The number of ether oxygens (including phenoxy) is 2. The third kappa shape index (κ3) is 2.47. The predicted molar refractivity (Wildman–Crippen MR) is 64.5 cm³/mol. The molecule has 2 N–H and O–H groups in total. The molecule has 2 rings (SSSR count). The molecular formula is C13H19NO2. The van der Waals surface area contributed by atoms with Crippen molar-refractivity contribution in [2.24, 2.45) is 5.41 Å². The molecule has 1 aliphatic heterocycles. The molecule has 88 valence electrons. The molecule has 1 aliphatic rings. The van der Waals surface area contributed by atoms with Gasteiger partial charge in [-0.2, -0.15) is 0 Å². The SMILES string of the molecule is CCC1(CCOc2ccc(N)cc2)COC1. The average molecular weight is 221 g/mol. The summed E-state index contributed by atoms with van der Waals surface area (Å²) in [5.74, 6) is 0.890. The van der Waals surface area contributed by atoms with Gasteiger partial charge in [-0.05, 0) is 37.1 Å². The van der Waals surface area contributed by atoms with E-state index in [9.17, 15) is 0 Å². The summed E-state index contributed by atoms with van der Waals surface area (Å²) in [6, 6.07) is 7.53. The quantitative estimate of drug-likeness (QED) is 0.777. The van der Waals surface area contributed by atoms with E-state index in [1.54, 1.807) is 0 Å². The molecule has 0 radical (unpaired) electrons. The van der Waals surface area contributed by atoms with Gasteiger partial charge in [-0.1, -0.05) is 6.92 Å². The van der Waals surface area contributed by atoms with Crippen LogP contribution < -0.4 is 10.5 Å². The van der Waals surface area contributed by atoms with Crippen molar-refractivity contribution in [2.45, 2.75) is 19.8 Å². The average Bonchev–Trinajstić information content (AvgIpc) is 2.25. The fourth-order valence-electron chi connectivity index (χ4n) is 1.87. The Balaban J connectivity index is 1.77. The third-order valence-corrected chi connectivity index (χ3v) is 3.35. The number of benzene rings is 1. The van der Waals surface area contributed by atoms with Crippen LogP contribution in [0.2, 0.25) is 0 Å². The zero-order valence-corrected chi connectivity index (χ0v) is 9.74. The third-order valence-electron chi connectivity index (χ3n) is 3.35. The molecule has 0 atom stereocenters. The molecule has 1 heterocycles. The van der Waals surface area contributed by atoms with Gasteiger partial charge in [0.05, 0.1) is 19.8 Å². The summed E-state index contributed by atoms with van der Waals surface area (Å²) in [6.45, 7) is 4.73. The van der Waals surface area contributed by atoms with Crippen LogP contribution in [0.1, 0.15) is 19.8 Å². The zero-order chi connectivity index (χ0) is 11.4. The number of rotatable bonds is 5. The maximum Gasteiger partial charge on any atom is 0.119 e. The standard InChI is InChI=1S/C13H19NO2/c1-2-13(9-15-10-13)7-8-16-12-5-3-11(14)4-6-12/h3-6H,2,7-10,14H2,1H3. The Bertz CT molecular complexity index is 325. The lowest BCUT2D eigenvalue weighted by Gasteiger charge is -2.40. The number of nitrogens with two attached hydrogens (primary N) is 1. The van der Waals surface area contributed by atoms with Crippen LogP contribution in [0, 0.1) is 5.41 Å². The molecule has 3 nitrogen and oxygen atoms in total. The molecule has 1 aromatic rings. The highest BCUT2D eigenvalue weighted by Gasteiger charge is 2.36. The zero-order valence-electron chi connectivity index (χ0n) is 9.74. The number of hydrogen-bond donors (Lipinski definition) is 1. The van der Waals surface area contributed by atoms with Crippen molar-refractivity contribution in [1.29, 1.82) is 0 Å². The highest BCUT2D eigenvalue weighted by molar-refractivity contribution is 5.41. The Morgan fingerprint density at radius 2 is 2.00 bits per heavy atom. The maximum atomic E-state index is 5.68. The minimum atomic E-state index is 0.369. The minimum absolute atomic E-state index is 0.369. The first-order valence-electron chi connectivity index (χ1n) is 5.80. The molecule has 0 saturated carbocycles. The molecular weight excluding hydrogens is 202 g/mol. The first kappa shape index (κ1) is 11.3. The van der Waals surface area contributed by atoms with Crippen molar-refractivity contribution >= 4 is 5.69 Å². The lowest BCUT2D eigenvalue weighted by atomic mass is 9.80. The van der Waals surface area contributed by atoms with Gasteiger partial charge in [0, 0.05) is 11.1 Å². The van der Waals surface area contributed by atoms with Gasteiger partial charge in [0.2, 0.25) is 0 Å².